The average Bonchev–Trinajstić information content (AvgIpc) is 2.52. The topological polar surface area (TPSA) is 95.7 Å². The van der Waals surface area contributed by atoms with Gasteiger partial charge in [-0.3, -0.25) is 0 Å². The van der Waals surface area contributed by atoms with Gasteiger partial charge in [-0.05, 0) is 42.5 Å². The molecule has 128 valence electrons. The van der Waals surface area contributed by atoms with Crippen molar-refractivity contribution in [3.8, 4) is 5.75 Å². The number of halogens is 2. The highest BCUT2D eigenvalue weighted by molar-refractivity contribution is 7.89. The van der Waals surface area contributed by atoms with Gasteiger partial charge in [0.2, 0.25) is 10.0 Å². The fourth-order valence-electron chi connectivity index (χ4n) is 1.74. The maximum Gasteiger partial charge on any atom is 0.339 e. The van der Waals surface area contributed by atoms with Crippen LogP contribution in [-0.2, 0) is 14.8 Å². The zero-order valence-corrected chi connectivity index (χ0v) is 13.8. The molecule has 0 aliphatic carbocycles. The highest BCUT2D eigenvalue weighted by atomic mass is 35.5. The van der Waals surface area contributed by atoms with Crippen LogP contribution in [0.1, 0.15) is 10.4 Å². The number of esters is 1. The van der Waals surface area contributed by atoms with Crippen molar-refractivity contribution in [3.63, 3.8) is 0 Å². The fourth-order valence-corrected chi connectivity index (χ4v) is 2.47. The Morgan fingerprint density at radius 3 is 2.42 bits per heavy atom. The lowest BCUT2D eigenvalue weighted by Gasteiger charge is -2.09. The number of sulfonamides is 1. The fraction of sp³-hybridized carbons (Fsp3) is 0.133. The van der Waals surface area contributed by atoms with Gasteiger partial charge in [0.15, 0.2) is 0 Å². The first-order valence-electron chi connectivity index (χ1n) is 6.65. The van der Waals surface area contributed by atoms with Gasteiger partial charge in [0.25, 0.3) is 0 Å². The highest BCUT2D eigenvalue weighted by Gasteiger charge is 2.17. The van der Waals surface area contributed by atoms with Crippen LogP contribution in [0.4, 0.5) is 4.39 Å². The SMILES string of the molecule is NS(=O)(=O)c1ccc(Cl)c(C(=O)OCCOc2ccc(F)cc2)c1. The largest absolute Gasteiger partial charge is 0.490 e. The summed E-state index contributed by atoms with van der Waals surface area (Å²) in [6.45, 7) is -0.0734. The monoisotopic (exact) mass is 373 g/mol. The summed E-state index contributed by atoms with van der Waals surface area (Å²) in [5, 5.41) is 5.04. The number of carbonyl (C=O) groups excluding carboxylic acids is 1. The molecule has 0 fully saturated rings. The molecule has 24 heavy (non-hydrogen) atoms. The predicted octanol–water partition coefficient (Wildman–Crippen LogP) is 2.36. The van der Waals surface area contributed by atoms with E-state index in [1.165, 1.54) is 36.4 Å². The molecule has 2 aromatic carbocycles. The number of ether oxygens (including phenoxy) is 2. The van der Waals surface area contributed by atoms with Crippen molar-refractivity contribution >= 4 is 27.6 Å². The summed E-state index contributed by atoms with van der Waals surface area (Å²) in [6.07, 6.45) is 0. The third-order valence-corrected chi connectivity index (χ3v) is 4.13. The molecule has 9 heteroatoms. The van der Waals surface area contributed by atoms with E-state index in [2.05, 4.69) is 0 Å². The normalized spacial score (nSPS) is 11.1. The molecule has 0 aliphatic rings. The van der Waals surface area contributed by atoms with Crippen LogP contribution in [0, 0.1) is 5.82 Å². The molecule has 0 aromatic heterocycles. The molecule has 0 radical (unpaired) electrons. The Labute approximate surface area is 143 Å². The molecule has 0 spiro atoms. The number of hydrogen-bond acceptors (Lipinski definition) is 5. The molecule has 6 nitrogen and oxygen atoms in total. The summed E-state index contributed by atoms with van der Waals surface area (Å²) < 4.78 is 45.6. The summed E-state index contributed by atoms with van der Waals surface area (Å²) in [5.74, 6) is -0.784. The Balaban J connectivity index is 1.94. The Hall–Kier alpha value is -2.16. The van der Waals surface area contributed by atoms with E-state index in [0.717, 1.165) is 6.07 Å². The molecule has 2 N–H and O–H groups in total. The molecular formula is C15H13ClFNO5S. The lowest BCUT2D eigenvalue weighted by molar-refractivity contribution is 0.0450. The lowest BCUT2D eigenvalue weighted by atomic mass is 10.2. The van der Waals surface area contributed by atoms with Crippen LogP contribution in [0.5, 0.6) is 5.75 Å². The van der Waals surface area contributed by atoms with Crippen LogP contribution in [0.15, 0.2) is 47.4 Å². The first kappa shape index (κ1) is 18.2. The Morgan fingerprint density at radius 1 is 1.12 bits per heavy atom. The van der Waals surface area contributed by atoms with Crippen LogP contribution in [0.3, 0.4) is 0 Å². The van der Waals surface area contributed by atoms with Crippen LogP contribution in [0.25, 0.3) is 0 Å². The minimum absolute atomic E-state index is 0.0316. The van der Waals surface area contributed by atoms with Crippen molar-refractivity contribution in [2.75, 3.05) is 13.2 Å². The summed E-state index contributed by atoms with van der Waals surface area (Å²) in [6, 6.07) is 8.81. The number of carbonyl (C=O) groups is 1. The Kier molecular flexibility index (Phi) is 5.76. The Bertz CT molecular complexity index is 839. The second-order valence-electron chi connectivity index (χ2n) is 4.62. The summed E-state index contributed by atoms with van der Waals surface area (Å²) >= 11 is 5.86. The van der Waals surface area contributed by atoms with E-state index >= 15 is 0 Å². The predicted molar refractivity (Wildman–Crippen MR) is 85.0 cm³/mol. The standard InChI is InChI=1S/C15H13ClFNO5S/c16-14-6-5-12(24(18,20)21)9-13(14)15(19)23-8-7-22-11-3-1-10(17)2-4-11/h1-6,9H,7-8H2,(H2,18,20,21). The third kappa shape index (κ3) is 4.92. The summed E-state index contributed by atoms with van der Waals surface area (Å²) in [4.78, 5) is 11.7. The Morgan fingerprint density at radius 2 is 1.79 bits per heavy atom. The van der Waals surface area contributed by atoms with Crippen molar-refractivity contribution in [1.29, 1.82) is 0 Å². The van der Waals surface area contributed by atoms with Gasteiger partial charge < -0.3 is 9.47 Å². The molecule has 2 aromatic rings. The number of benzene rings is 2. The number of hydrogen-bond donors (Lipinski definition) is 1. The second kappa shape index (κ2) is 7.61. The van der Waals surface area contributed by atoms with E-state index in [-0.39, 0.29) is 28.7 Å². The third-order valence-electron chi connectivity index (χ3n) is 2.89. The zero-order chi connectivity index (χ0) is 17.7. The van der Waals surface area contributed by atoms with Gasteiger partial charge in [0, 0.05) is 0 Å². The van der Waals surface area contributed by atoms with Crippen molar-refractivity contribution in [3.05, 3.63) is 58.9 Å². The smallest absolute Gasteiger partial charge is 0.339 e. The van der Waals surface area contributed by atoms with Gasteiger partial charge in [-0.15, -0.1) is 0 Å². The molecule has 0 amide bonds. The summed E-state index contributed by atoms with van der Waals surface area (Å²) in [7, 11) is -3.96. The molecule has 0 heterocycles. The van der Waals surface area contributed by atoms with Crippen LogP contribution >= 0.6 is 11.6 Å². The van der Waals surface area contributed by atoms with Crippen molar-refractivity contribution in [2.45, 2.75) is 4.90 Å². The van der Waals surface area contributed by atoms with Gasteiger partial charge in [-0.25, -0.2) is 22.7 Å². The van der Waals surface area contributed by atoms with E-state index in [9.17, 15) is 17.6 Å². The second-order valence-corrected chi connectivity index (χ2v) is 6.59. The molecule has 0 atom stereocenters. The molecule has 0 unspecified atom stereocenters. The number of primary sulfonamides is 1. The van der Waals surface area contributed by atoms with E-state index in [1.54, 1.807) is 0 Å². The van der Waals surface area contributed by atoms with Crippen molar-refractivity contribution in [2.24, 2.45) is 5.14 Å². The summed E-state index contributed by atoms with van der Waals surface area (Å²) in [5.41, 5.74) is -0.120. The zero-order valence-electron chi connectivity index (χ0n) is 12.2. The van der Waals surface area contributed by atoms with Gasteiger partial charge in [0.05, 0.1) is 15.5 Å². The van der Waals surface area contributed by atoms with Gasteiger partial charge >= 0.3 is 5.97 Å². The molecule has 0 aliphatic heterocycles. The molecule has 2 rings (SSSR count). The maximum absolute atomic E-state index is 12.7. The minimum atomic E-state index is -3.96. The van der Waals surface area contributed by atoms with E-state index in [1.807, 2.05) is 0 Å². The molecular weight excluding hydrogens is 361 g/mol. The van der Waals surface area contributed by atoms with E-state index < -0.39 is 21.8 Å². The van der Waals surface area contributed by atoms with Crippen LogP contribution < -0.4 is 9.88 Å². The number of nitrogens with two attached hydrogens (primary N) is 1. The van der Waals surface area contributed by atoms with Gasteiger partial charge in [-0.2, -0.15) is 0 Å². The van der Waals surface area contributed by atoms with Crippen molar-refractivity contribution < 1.29 is 27.1 Å². The highest BCUT2D eigenvalue weighted by Crippen LogP contribution is 2.20. The van der Waals surface area contributed by atoms with E-state index in [4.69, 9.17) is 26.2 Å². The first-order chi connectivity index (χ1) is 11.3. The van der Waals surface area contributed by atoms with Gasteiger partial charge in [0.1, 0.15) is 24.8 Å². The average molecular weight is 374 g/mol. The number of rotatable bonds is 6. The quantitative estimate of drug-likeness (QED) is 0.619. The van der Waals surface area contributed by atoms with Crippen LogP contribution in [-0.4, -0.2) is 27.6 Å². The van der Waals surface area contributed by atoms with Gasteiger partial charge in [-0.1, -0.05) is 11.6 Å². The lowest BCUT2D eigenvalue weighted by Crippen LogP contribution is -2.15. The van der Waals surface area contributed by atoms with Crippen LogP contribution in [0.2, 0.25) is 5.02 Å². The van der Waals surface area contributed by atoms with E-state index in [0.29, 0.717) is 5.75 Å². The van der Waals surface area contributed by atoms with Crippen molar-refractivity contribution in [1.82, 2.24) is 0 Å². The first-order valence-corrected chi connectivity index (χ1v) is 8.57. The molecule has 0 saturated carbocycles. The molecule has 0 bridgehead atoms. The maximum atomic E-state index is 12.7. The minimum Gasteiger partial charge on any atom is -0.490 e. The molecule has 0 saturated heterocycles.